The van der Waals surface area contributed by atoms with Crippen LogP contribution in [0.2, 0.25) is 0 Å². The molecule has 0 N–H and O–H groups in total. The zero-order valence-electron chi connectivity index (χ0n) is 9.17. The number of hydrogen-bond donors (Lipinski definition) is 0. The van der Waals surface area contributed by atoms with Crippen LogP contribution in [0.5, 0.6) is 0 Å². The Balaban J connectivity index is 2.47. The molecule has 1 atom stereocenters. The Hall–Kier alpha value is -1.11. The van der Waals surface area contributed by atoms with E-state index in [4.69, 9.17) is 0 Å². The van der Waals surface area contributed by atoms with E-state index in [0.29, 0.717) is 6.04 Å². The molecule has 74 valence electrons. The fourth-order valence-electron chi connectivity index (χ4n) is 2.01. The van der Waals surface area contributed by atoms with Gasteiger partial charge in [-0.05, 0) is 48.9 Å². The minimum absolute atomic E-state index is 0.503. The van der Waals surface area contributed by atoms with Gasteiger partial charge in [-0.25, -0.2) is 0 Å². The topological polar surface area (TPSA) is 12.4 Å². The summed E-state index contributed by atoms with van der Waals surface area (Å²) in [6.45, 7) is 6.61. The van der Waals surface area contributed by atoms with Crippen molar-refractivity contribution in [1.82, 2.24) is 0 Å². The fourth-order valence-corrected chi connectivity index (χ4v) is 2.01. The number of nitrogens with zero attached hydrogens (tertiary/aromatic N) is 1. The van der Waals surface area contributed by atoms with Crippen molar-refractivity contribution in [3.05, 3.63) is 34.4 Å². The van der Waals surface area contributed by atoms with Gasteiger partial charge in [0.15, 0.2) is 0 Å². The van der Waals surface area contributed by atoms with Crippen LogP contribution < -0.4 is 0 Å². The standard InChI is InChI=1S/C13H17N/c1-4-12-7-13-10(3)9(2)5-6-11(13)8-14-12/h5-6,8,12H,4,7H2,1-3H3/t12-/m1/s1. The molecule has 0 radical (unpaired) electrons. The second kappa shape index (κ2) is 3.56. The molecule has 0 saturated carbocycles. The zero-order chi connectivity index (χ0) is 10.1. The number of hydrogen-bond acceptors (Lipinski definition) is 1. The van der Waals surface area contributed by atoms with Gasteiger partial charge >= 0.3 is 0 Å². The van der Waals surface area contributed by atoms with Gasteiger partial charge in [0.2, 0.25) is 0 Å². The number of rotatable bonds is 1. The maximum absolute atomic E-state index is 4.54. The van der Waals surface area contributed by atoms with Crippen molar-refractivity contribution >= 4 is 6.21 Å². The van der Waals surface area contributed by atoms with Crippen molar-refractivity contribution in [3.63, 3.8) is 0 Å². The summed E-state index contributed by atoms with van der Waals surface area (Å²) in [5.41, 5.74) is 5.67. The maximum Gasteiger partial charge on any atom is 0.0537 e. The summed E-state index contributed by atoms with van der Waals surface area (Å²) < 4.78 is 0. The molecule has 2 rings (SSSR count). The first-order chi connectivity index (χ1) is 6.72. The molecule has 1 aliphatic heterocycles. The highest BCUT2D eigenvalue weighted by Gasteiger charge is 2.15. The van der Waals surface area contributed by atoms with Gasteiger partial charge in [-0.15, -0.1) is 0 Å². The molecule has 0 aromatic heterocycles. The zero-order valence-corrected chi connectivity index (χ0v) is 9.17. The van der Waals surface area contributed by atoms with E-state index in [0.717, 1.165) is 12.8 Å². The van der Waals surface area contributed by atoms with Gasteiger partial charge in [0, 0.05) is 6.21 Å². The minimum atomic E-state index is 0.503. The van der Waals surface area contributed by atoms with Crippen LogP contribution in [0.1, 0.15) is 35.6 Å². The van der Waals surface area contributed by atoms with Gasteiger partial charge < -0.3 is 0 Å². The van der Waals surface area contributed by atoms with Crippen LogP contribution in [0.4, 0.5) is 0 Å². The predicted molar refractivity (Wildman–Crippen MR) is 61.3 cm³/mol. The lowest BCUT2D eigenvalue weighted by Gasteiger charge is -2.20. The Kier molecular flexibility index (Phi) is 2.40. The monoisotopic (exact) mass is 187 g/mol. The largest absolute Gasteiger partial charge is 0.289 e. The lowest BCUT2D eigenvalue weighted by molar-refractivity contribution is 0.641. The molecule has 1 aliphatic rings. The molecule has 1 aromatic rings. The van der Waals surface area contributed by atoms with Crippen LogP contribution in [0.3, 0.4) is 0 Å². The average molecular weight is 187 g/mol. The molecule has 0 spiro atoms. The molecule has 1 heteroatoms. The Morgan fingerprint density at radius 3 is 2.86 bits per heavy atom. The van der Waals surface area contributed by atoms with Crippen molar-refractivity contribution in [2.24, 2.45) is 4.99 Å². The predicted octanol–water partition coefficient (Wildman–Crippen LogP) is 3.06. The third-order valence-electron chi connectivity index (χ3n) is 3.24. The molecule has 0 aliphatic carbocycles. The van der Waals surface area contributed by atoms with Gasteiger partial charge in [0.25, 0.3) is 0 Å². The molecule has 0 fully saturated rings. The number of benzene rings is 1. The van der Waals surface area contributed by atoms with Gasteiger partial charge in [0.1, 0.15) is 0 Å². The molecular weight excluding hydrogens is 170 g/mol. The van der Waals surface area contributed by atoms with Crippen LogP contribution in [0.25, 0.3) is 0 Å². The summed E-state index contributed by atoms with van der Waals surface area (Å²) in [5.74, 6) is 0. The molecular formula is C13H17N. The smallest absolute Gasteiger partial charge is 0.0537 e. The SMILES string of the molecule is CC[C@@H]1Cc2c(ccc(C)c2C)C=N1. The third kappa shape index (κ3) is 1.47. The van der Waals surface area contributed by atoms with Crippen molar-refractivity contribution in [3.8, 4) is 0 Å². The summed E-state index contributed by atoms with van der Waals surface area (Å²) in [6, 6.07) is 4.88. The summed E-state index contributed by atoms with van der Waals surface area (Å²) in [5, 5.41) is 0. The van der Waals surface area contributed by atoms with E-state index in [1.807, 2.05) is 6.21 Å². The van der Waals surface area contributed by atoms with Crippen molar-refractivity contribution < 1.29 is 0 Å². The molecule has 0 saturated heterocycles. The van der Waals surface area contributed by atoms with Crippen molar-refractivity contribution in [2.45, 2.75) is 39.7 Å². The second-order valence-electron chi connectivity index (χ2n) is 4.12. The molecule has 0 unspecified atom stereocenters. The van der Waals surface area contributed by atoms with Gasteiger partial charge in [0.05, 0.1) is 6.04 Å². The van der Waals surface area contributed by atoms with Crippen LogP contribution in [0, 0.1) is 13.8 Å². The summed E-state index contributed by atoms with van der Waals surface area (Å²) in [4.78, 5) is 4.54. The highest BCUT2D eigenvalue weighted by atomic mass is 14.8. The quantitative estimate of drug-likeness (QED) is 0.640. The van der Waals surface area contributed by atoms with E-state index in [-0.39, 0.29) is 0 Å². The van der Waals surface area contributed by atoms with Crippen molar-refractivity contribution in [2.75, 3.05) is 0 Å². The highest BCUT2D eigenvalue weighted by molar-refractivity contribution is 5.84. The number of aliphatic imine (C=N–C) groups is 1. The van der Waals surface area contributed by atoms with Crippen LogP contribution in [0.15, 0.2) is 17.1 Å². The van der Waals surface area contributed by atoms with E-state index < -0.39 is 0 Å². The maximum atomic E-state index is 4.54. The summed E-state index contributed by atoms with van der Waals surface area (Å²) in [6.07, 6.45) is 4.30. The third-order valence-corrected chi connectivity index (χ3v) is 3.24. The Morgan fingerprint density at radius 2 is 2.14 bits per heavy atom. The number of fused-ring (bicyclic) bond motifs is 1. The van der Waals surface area contributed by atoms with Gasteiger partial charge in [-0.1, -0.05) is 19.1 Å². The lowest BCUT2D eigenvalue weighted by Crippen LogP contribution is -2.15. The van der Waals surface area contributed by atoms with E-state index in [1.54, 1.807) is 0 Å². The molecule has 1 aromatic carbocycles. The van der Waals surface area contributed by atoms with E-state index in [9.17, 15) is 0 Å². The normalized spacial score (nSPS) is 19.5. The lowest BCUT2D eigenvalue weighted by atomic mass is 9.90. The van der Waals surface area contributed by atoms with Gasteiger partial charge in [-0.2, -0.15) is 0 Å². The first-order valence-electron chi connectivity index (χ1n) is 5.34. The second-order valence-corrected chi connectivity index (χ2v) is 4.12. The first kappa shape index (κ1) is 9.45. The van der Waals surface area contributed by atoms with Crippen LogP contribution in [-0.2, 0) is 6.42 Å². The molecule has 0 bridgehead atoms. The minimum Gasteiger partial charge on any atom is -0.289 e. The van der Waals surface area contributed by atoms with Crippen LogP contribution >= 0.6 is 0 Å². The average Bonchev–Trinajstić information content (AvgIpc) is 2.23. The van der Waals surface area contributed by atoms with Crippen LogP contribution in [-0.4, -0.2) is 12.3 Å². The summed E-state index contributed by atoms with van der Waals surface area (Å²) in [7, 11) is 0. The highest BCUT2D eigenvalue weighted by Crippen LogP contribution is 2.23. The van der Waals surface area contributed by atoms with Crippen molar-refractivity contribution in [1.29, 1.82) is 0 Å². The summed E-state index contributed by atoms with van der Waals surface area (Å²) >= 11 is 0. The molecule has 0 amide bonds. The van der Waals surface area contributed by atoms with E-state index in [2.05, 4.69) is 37.9 Å². The molecule has 1 heterocycles. The Bertz CT molecular complexity index is 377. The first-order valence-corrected chi connectivity index (χ1v) is 5.34. The van der Waals surface area contributed by atoms with E-state index >= 15 is 0 Å². The molecule has 1 nitrogen and oxygen atoms in total. The molecule has 14 heavy (non-hydrogen) atoms. The Morgan fingerprint density at radius 1 is 1.36 bits per heavy atom. The Labute approximate surface area is 85.9 Å². The van der Waals surface area contributed by atoms with Gasteiger partial charge in [-0.3, -0.25) is 4.99 Å². The fraction of sp³-hybridized carbons (Fsp3) is 0.462. The van der Waals surface area contributed by atoms with E-state index in [1.165, 1.54) is 22.3 Å². The number of aryl methyl sites for hydroxylation is 1.